The molecule has 4 aliphatic rings. The van der Waals surface area contributed by atoms with Crippen LogP contribution in [0.2, 0.25) is 0 Å². The minimum Gasteiger partial charge on any atom is -0.464 e. The lowest BCUT2D eigenvalue weighted by Gasteiger charge is -2.26. The molecule has 0 radical (unpaired) electrons. The van der Waals surface area contributed by atoms with Gasteiger partial charge in [-0.05, 0) is 62.0 Å². The van der Waals surface area contributed by atoms with Crippen LogP contribution < -0.4 is 0 Å². The molecule has 1 aromatic heterocycles. The molecule has 0 unspecified atom stereocenters. The Hall–Kier alpha value is -1.30. The standard InChI is InChI=1S/C20H27NO4S/c1-13-10-16(13)18-5-4-15(25-18)12-21(14-2-3-14)19(22)17-11-20(17)6-8-26(23,24)9-7-20/h4-5,13-14,16-17H,2-3,6-12H2,1H3/t13-,16-,17-/m1/s1. The average Bonchev–Trinajstić information content (AvgIpc) is 3.52. The minimum atomic E-state index is -2.88. The third-order valence-electron chi connectivity index (χ3n) is 7.06. The molecule has 1 aliphatic heterocycles. The van der Waals surface area contributed by atoms with Crippen molar-refractivity contribution in [1.29, 1.82) is 0 Å². The number of hydrogen-bond acceptors (Lipinski definition) is 4. The van der Waals surface area contributed by atoms with Crippen molar-refractivity contribution in [3.05, 3.63) is 23.7 Å². The highest BCUT2D eigenvalue weighted by Crippen LogP contribution is 2.61. The molecule has 2 heterocycles. The Labute approximate surface area is 155 Å². The summed E-state index contributed by atoms with van der Waals surface area (Å²) in [6.07, 6.45) is 5.54. The highest BCUT2D eigenvalue weighted by atomic mass is 32.2. The lowest BCUT2D eigenvalue weighted by atomic mass is 9.95. The van der Waals surface area contributed by atoms with E-state index >= 15 is 0 Å². The van der Waals surface area contributed by atoms with E-state index in [1.165, 1.54) is 6.42 Å². The third kappa shape index (κ3) is 3.00. The van der Waals surface area contributed by atoms with Crippen molar-refractivity contribution in [3.63, 3.8) is 0 Å². The number of rotatable bonds is 5. The molecule has 1 amide bonds. The van der Waals surface area contributed by atoms with Crippen molar-refractivity contribution in [1.82, 2.24) is 4.90 Å². The summed E-state index contributed by atoms with van der Waals surface area (Å²) in [7, 11) is -2.88. The molecule has 0 aromatic carbocycles. The summed E-state index contributed by atoms with van der Waals surface area (Å²) in [6.45, 7) is 2.80. The van der Waals surface area contributed by atoms with Crippen LogP contribution in [-0.2, 0) is 21.2 Å². The molecule has 1 saturated heterocycles. The first-order valence-corrected chi connectivity index (χ1v) is 11.8. The number of sulfone groups is 1. The fourth-order valence-electron chi connectivity index (χ4n) is 4.73. The smallest absolute Gasteiger partial charge is 0.226 e. The molecule has 26 heavy (non-hydrogen) atoms. The number of carbonyl (C=O) groups excluding carboxylic acids is 1. The first-order chi connectivity index (χ1) is 12.4. The van der Waals surface area contributed by atoms with E-state index in [1.807, 2.05) is 11.0 Å². The summed E-state index contributed by atoms with van der Waals surface area (Å²) in [5.74, 6) is 3.98. The van der Waals surface area contributed by atoms with Gasteiger partial charge in [0.2, 0.25) is 5.91 Å². The molecule has 142 valence electrons. The van der Waals surface area contributed by atoms with Crippen LogP contribution in [0.4, 0.5) is 0 Å². The van der Waals surface area contributed by atoms with Crippen LogP contribution in [0.3, 0.4) is 0 Å². The van der Waals surface area contributed by atoms with Crippen LogP contribution >= 0.6 is 0 Å². The highest BCUT2D eigenvalue weighted by Gasteiger charge is 2.61. The quantitative estimate of drug-likeness (QED) is 0.791. The summed E-state index contributed by atoms with van der Waals surface area (Å²) < 4.78 is 29.5. The second-order valence-corrected chi connectivity index (χ2v) is 11.4. The van der Waals surface area contributed by atoms with Crippen LogP contribution in [0, 0.1) is 17.3 Å². The van der Waals surface area contributed by atoms with E-state index in [-0.39, 0.29) is 28.7 Å². The van der Waals surface area contributed by atoms with Crippen LogP contribution in [0.1, 0.15) is 62.9 Å². The van der Waals surface area contributed by atoms with Crippen molar-refractivity contribution in [2.75, 3.05) is 11.5 Å². The number of furan rings is 1. The molecular formula is C20H27NO4S. The Morgan fingerprint density at radius 3 is 2.58 bits per heavy atom. The first-order valence-electron chi connectivity index (χ1n) is 9.96. The van der Waals surface area contributed by atoms with Crippen LogP contribution in [-0.4, -0.2) is 36.8 Å². The molecule has 3 saturated carbocycles. The van der Waals surface area contributed by atoms with E-state index in [4.69, 9.17) is 4.42 Å². The topological polar surface area (TPSA) is 67.6 Å². The molecule has 5 rings (SSSR count). The van der Waals surface area contributed by atoms with Crippen molar-refractivity contribution in [2.45, 2.75) is 64.0 Å². The average molecular weight is 378 g/mol. The normalized spacial score (nSPS) is 33.8. The zero-order valence-corrected chi connectivity index (χ0v) is 16.1. The van der Waals surface area contributed by atoms with Crippen molar-refractivity contribution >= 4 is 15.7 Å². The van der Waals surface area contributed by atoms with E-state index < -0.39 is 9.84 Å². The van der Waals surface area contributed by atoms with Gasteiger partial charge >= 0.3 is 0 Å². The maximum absolute atomic E-state index is 13.2. The van der Waals surface area contributed by atoms with E-state index in [2.05, 4.69) is 13.0 Å². The monoisotopic (exact) mass is 377 g/mol. The van der Waals surface area contributed by atoms with Crippen molar-refractivity contribution in [3.8, 4) is 0 Å². The van der Waals surface area contributed by atoms with Crippen molar-refractivity contribution < 1.29 is 17.6 Å². The first kappa shape index (κ1) is 16.8. The number of hydrogen-bond donors (Lipinski definition) is 0. The third-order valence-corrected chi connectivity index (χ3v) is 8.72. The van der Waals surface area contributed by atoms with E-state index in [0.717, 1.165) is 30.8 Å². The van der Waals surface area contributed by atoms with Gasteiger partial charge in [-0.2, -0.15) is 0 Å². The van der Waals surface area contributed by atoms with Gasteiger partial charge in [-0.3, -0.25) is 4.79 Å². The van der Waals surface area contributed by atoms with Crippen LogP contribution in [0.25, 0.3) is 0 Å². The van der Waals surface area contributed by atoms with Crippen LogP contribution in [0.15, 0.2) is 16.5 Å². The zero-order valence-electron chi connectivity index (χ0n) is 15.3. The summed E-state index contributed by atoms with van der Waals surface area (Å²) >= 11 is 0. The van der Waals surface area contributed by atoms with Gasteiger partial charge < -0.3 is 9.32 Å². The minimum absolute atomic E-state index is 0.0245. The second-order valence-electron chi connectivity index (χ2n) is 9.09. The summed E-state index contributed by atoms with van der Waals surface area (Å²) in [5, 5.41) is 0. The lowest BCUT2D eigenvalue weighted by Crippen LogP contribution is -2.36. The maximum atomic E-state index is 13.2. The predicted molar refractivity (Wildman–Crippen MR) is 97.2 cm³/mol. The molecule has 5 nitrogen and oxygen atoms in total. The van der Waals surface area contributed by atoms with Gasteiger partial charge in [-0.25, -0.2) is 8.42 Å². The Bertz CT molecular complexity index is 824. The Morgan fingerprint density at radius 2 is 1.96 bits per heavy atom. The SMILES string of the molecule is C[C@@H]1C[C@H]1c1ccc(CN(C(=O)[C@H]2CC23CCS(=O)(=O)CC3)C2CC2)o1. The largest absolute Gasteiger partial charge is 0.464 e. The Kier molecular flexibility index (Phi) is 3.63. The number of amides is 1. The molecular weight excluding hydrogens is 350 g/mol. The van der Waals surface area contributed by atoms with E-state index in [1.54, 1.807) is 0 Å². The molecule has 1 aromatic rings. The lowest BCUT2D eigenvalue weighted by molar-refractivity contribution is -0.135. The van der Waals surface area contributed by atoms with Gasteiger partial charge in [0.25, 0.3) is 0 Å². The van der Waals surface area contributed by atoms with Gasteiger partial charge in [0.05, 0.1) is 18.1 Å². The summed E-state index contributed by atoms with van der Waals surface area (Å²) in [4.78, 5) is 15.2. The molecule has 3 aliphatic carbocycles. The number of carbonyl (C=O) groups is 1. The van der Waals surface area contributed by atoms with Gasteiger partial charge in [0.1, 0.15) is 21.4 Å². The molecule has 0 N–H and O–H groups in total. The predicted octanol–water partition coefficient (Wildman–Crippen LogP) is 3.11. The molecule has 3 atom stereocenters. The van der Waals surface area contributed by atoms with Gasteiger partial charge in [0, 0.05) is 17.9 Å². The molecule has 0 bridgehead atoms. The van der Waals surface area contributed by atoms with E-state index in [9.17, 15) is 13.2 Å². The van der Waals surface area contributed by atoms with Gasteiger partial charge in [-0.15, -0.1) is 0 Å². The maximum Gasteiger partial charge on any atom is 0.226 e. The Morgan fingerprint density at radius 1 is 1.27 bits per heavy atom. The van der Waals surface area contributed by atoms with Crippen molar-refractivity contribution in [2.24, 2.45) is 17.3 Å². The fraction of sp³-hybridized carbons (Fsp3) is 0.750. The zero-order chi connectivity index (χ0) is 18.1. The summed E-state index contributed by atoms with van der Waals surface area (Å²) in [6, 6.07) is 4.45. The number of nitrogens with zero attached hydrogens (tertiary/aromatic N) is 1. The molecule has 1 spiro atoms. The highest BCUT2D eigenvalue weighted by molar-refractivity contribution is 7.91. The summed E-state index contributed by atoms with van der Waals surface area (Å²) in [5.41, 5.74) is -0.0344. The van der Waals surface area contributed by atoms with Gasteiger partial charge in [-0.1, -0.05) is 6.92 Å². The molecule has 6 heteroatoms. The second kappa shape index (κ2) is 5.60. The Balaban J connectivity index is 1.26. The van der Waals surface area contributed by atoms with E-state index in [0.29, 0.717) is 37.3 Å². The van der Waals surface area contributed by atoms with Crippen LogP contribution in [0.5, 0.6) is 0 Å². The fourth-order valence-corrected chi connectivity index (χ4v) is 6.37. The van der Waals surface area contributed by atoms with Gasteiger partial charge in [0.15, 0.2) is 0 Å². The molecule has 4 fully saturated rings.